The Hall–Kier alpha value is -1.09. The van der Waals surface area contributed by atoms with Crippen molar-refractivity contribution >= 4 is 23.0 Å². The van der Waals surface area contributed by atoms with Gasteiger partial charge in [0.15, 0.2) is 5.69 Å². The van der Waals surface area contributed by atoms with Gasteiger partial charge in [-0.15, -0.1) is 0 Å². The van der Waals surface area contributed by atoms with E-state index in [0.717, 1.165) is 19.2 Å². The number of rotatable bonds is 3. The highest BCUT2D eigenvalue weighted by atomic mass is 35.5. The quantitative estimate of drug-likeness (QED) is 0.646. The summed E-state index contributed by atoms with van der Waals surface area (Å²) in [5.41, 5.74) is -0.764. The van der Waals surface area contributed by atoms with E-state index < -0.39 is 23.1 Å². The highest BCUT2D eigenvalue weighted by Crippen LogP contribution is 2.27. The van der Waals surface area contributed by atoms with Gasteiger partial charge in [-0.25, -0.2) is 4.98 Å². The van der Waals surface area contributed by atoms with E-state index in [1.807, 2.05) is 5.32 Å². The summed E-state index contributed by atoms with van der Waals surface area (Å²) in [6, 6.07) is -0.923. The molecule has 0 aliphatic carbocycles. The molecule has 9 heteroatoms. The first-order valence-electron chi connectivity index (χ1n) is 4.42. The first-order valence-corrected chi connectivity index (χ1v) is 4.79. The Labute approximate surface area is 99.4 Å². The van der Waals surface area contributed by atoms with E-state index in [2.05, 4.69) is 4.98 Å². The summed E-state index contributed by atoms with van der Waals surface area (Å²) in [5, 5.41) is 21.5. The largest absolute Gasteiger partial charge is 0.628 e. The first-order chi connectivity index (χ1) is 7.71. The van der Waals surface area contributed by atoms with Crippen LogP contribution in [0.25, 0.3) is 0 Å². The van der Waals surface area contributed by atoms with Crippen LogP contribution in [0.2, 0.25) is 5.15 Å². The minimum absolute atomic E-state index is 0.119. The van der Waals surface area contributed by atoms with Gasteiger partial charge < -0.3 is 21.0 Å². The molecule has 0 radical (unpaired) electrons. The molecule has 1 atom stereocenters. The van der Waals surface area contributed by atoms with Crippen molar-refractivity contribution in [2.75, 3.05) is 5.32 Å². The zero-order chi connectivity index (χ0) is 13.2. The van der Waals surface area contributed by atoms with Gasteiger partial charge in [-0.1, -0.05) is 11.6 Å². The molecule has 0 spiro atoms. The lowest BCUT2D eigenvalue weighted by Gasteiger charge is -2.28. The number of halogens is 4. The number of hydrogen-bond donors (Lipinski definition) is 2. The van der Waals surface area contributed by atoms with Gasteiger partial charge in [0.2, 0.25) is 0 Å². The number of aromatic nitrogens is 1. The molecule has 17 heavy (non-hydrogen) atoms. The summed E-state index contributed by atoms with van der Waals surface area (Å²) >= 11 is 5.47. The fourth-order valence-electron chi connectivity index (χ4n) is 1.03. The van der Waals surface area contributed by atoms with Crippen LogP contribution in [0.5, 0.6) is 0 Å². The zero-order valence-electron chi connectivity index (χ0n) is 8.51. The molecule has 1 aromatic rings. The van der Waals surface area contributed by atoms with Gasteiger partial charge in [-0.2, -0.15) is 13.2 Å². The molecule has 1 aromatic heterocycles. The molecular formula is C8H8ClF3N3O2-. The monoisotopic (exact) mass is 270 g/mol. The van der Waals surface area contributed by atoms with E-state index in [9.17, 15) is 23.6 Å². The van der Waals surface area contributed by atoms with Gasteiger partial charge in [0, 0.05) is 6.07 Å². The van der Waals surface area contributed by atoms with Crippen molar-refractivity contribution in [3.05, 3.63) is 27.8 Å². The summed E-state index contributed by atoms with van der Waals surface area (Å²) in [5.74, 6) is 0. The third kappa shape index (κ3) is 3.70. The summed E-state index contributed by atoms with van der Waals surface area (Å²) in [6.45, 7) is 0.855. The maximum absolute atomic E-state index is 12.3. The van der Waals surface area contributed by atoms with E-state index in [1.54, 1.807) is 0 Å². The van der Waals surface area contributed by atoms with Crippen LogP contribution in [-0.4, -0.2) is 17.2 Å². The highest BCUT2D eigenvalue weighted by molar-refractivity contribution is 6.29. The molecule has 1 unspecified atom stereocenters. The van der Waals surface area contributed by atoms with Crippen molar-refractivity contribution in [3.8, 4) is 0 Å². The van der Waals surface area contributed by atoms with Gasteiger partial charge in [0.05, 0.1) is 6.20 Å². The fourth-order valence-corrected chi connectivity index (χ4v) is 1.18. The second-order valence-corrected chi connectivity index (χ2v) is 3.63. The van der Waals surface area contributed by atoms with Crippen molar-refractivity contribution < 1.29 is 18.4 Å². The van der Waals surface area contributed by atoms with E-state index >= 15 is 0 Å². The number of pyridine rings is 1. The summed E-state index contributed by atoms with van der Waals surface area (Å²) in [6.07, 6.45) is -3.66. The molecular weight excluding hydrogens is 263 g/mol. The predicted octanol–water partition coefficient (Wildman–Crippen LogP) is 1.61. The molecule has 1 heterocycles. The van der Waals surface area contributed by atoms with Crippen LogP contribution in [0, 0.1) is 10.4 Å². The summed E-state index contributed by atoms with van der Waals surface area (Å²) in [7, 11) is 0. The number of hydrogen-bond acceptors (Lipinski definition) is 4. The van der Waals surface area contributed by atoms with E-state index in [0.29, 0.717) is 0 Å². The molecule has 0 saturated heterocycles. The maximum Gasteiger partial charge on any atom is 0.408 e. The molecule has 0 aliphatic heterocycles. The van der Waals surface area contributed by atoms with E-state index in [-0.39, 0.29) is 10.8 Å². The van der Waals surface area contributed by atoms with Crippen molar-refractivity contribution in [2.24, 2.45) is 0 Å². The number of anilines is 1. The molecule has 0 amide bonds. The lowest BCUT2D eigenvalue weighted by Crippen LogP contribution is -2.96. The highest BCUT2D eigenvalue weighted by Gasteiger charge is 2.36. The van der Waals surface area contributed by atoms with Gasteiger partial charge in [-0.3, -0.25) is 0 Å². The van der Waals surface area contributed by atoms with Crippen LogP contribution < -0.4 is 10.5 Å². The second kappa shape index (κ2) is 5.05. The minimum Gasteiger partial charge on any atom is -0.628 e. The van der Waals surface area contributed by atoms with Crippen molar-refractivity contribution in [2.45, 2.75) is 19.1 Å². The van der Waals surface area contributed by atoms with Crippen LogP contribution >= 0.6 is 11.6 Å². The lowest BCUT2D eigenvalue weighted by atomic mass is 10.2. The maximum atomic E-state index is 12.3. The second-order valence-electron chi connectivity index (χ2n) is 3.25. The van der Waals surface area contributed by atoms with Gasteiger partial charge >= 0.3 is 6.18 Å². The van der Waals surface area contributed by atoms with Crippen LogP contribution in [0.3, 0.4) is 0 Å². The predicted molar refractivity (Wildman–Crippen MR) is 55.7 cm³/mol. The fraction of sp³-hybridized carbons (Fsp3) is 0.375. The Balaban J connectivity index is 3.00. The normalized spacial score (nSPS) is 13.9. The molecule has 2 N–H and O–H groups in total. The molecule has 1 rings (SSSR count). The molecule has 0 bridgehead atoms. The van der Waals surface area contributed by atoms with E-state index in [4.69, 9.17) is 11.6 Å². The Morgan fingerprint density at radius 1 is 1.47 bits per heavy atom. The third-order valence-corrected chi connectivity index (χ3v) is 2.16. The molecule has 0 aromatic carbocycles. The zero-order valence-corrected chi connectivity index (χ0v) is 9.26. The summed E-state index contributed by atoms with van der Waals surface area (Å²) in [4.78, 5) is 3.45. The van der Waals surface area contributed by atoms with Crippen LogP contribution in [0.1, 0.15) is 6.92 Å². The lowest BCUT2D eigenvalue weighted by molar-refractivity contribution is -0.714. The Bertz CT molecular complexity index is 400. The molecule has 0 saturated carbocycles. The molecule has 96 valence electrons. The first kappa shape index (κ1) is 14.0. The van der Waals surface area contributed by atoms with Crippen molar-refractivity contribution in [1.82, 2.24) is 4.98 Å². The minimum atomic E-state index is -4.50. The van der Waals surface area contributed by atoms with Crippen LogP contribution in [0.4, 0.5) is 24.5 Å². The van der Waals surface area contributed by atoms with E-state index in [1.165, 1.54) is 0 Å². The van der Waals surface area contributed by atoms with Crippen LogP contribution in [-0.2, 0) is 0 Å². The molecule has 0 fully saturated rings. The third-order valence-electron chi connectivity index (χ3n) is 1.95. The van der Waals surface area contributed by atoms with Gasteiger partial charge in [0.1, 0.15) is 16.9 Å². The Kier molecular flexibility index (Phi) is 4.15. The molecule has 5 nitrogen and oxygen atoms in total. The smallest absolute Gasteiger partial charge is 0.408 e. The number of nitrogens with zero attached hydrogens (tertiary/aromatic N) is 1. The van der Waals surface area contributed by atoms with Gasteiger partial charge in [0.25, 0.3) is 0 Å². The number of quaternary nitrogens is 1. The van der Waals surface area contributed by atoms with Crippen molar-refractivity contribution in [3.63, 3.8) is 0 Å². The van der Waals surface area contributed by atoms with Gasteiger partial charge in [-0.05, 0) is 6.92 Å². The summed E-state index contributed by atoms with van der Waals surface area (Å²) < 4.78 is 36.9. The topological polar surface area (TPSA) is 75.5 Å². The Morgan fingerprint density at radius 2 is 2.06 bits per heavy atom. The Morgan fingerprint density at radius 3 is 2.53 bits per heavy atom. The molecule has 0 aliphatic rings. The van der Waals surface area contributed by atoms with Crippen molar-refractivity contribution in [1.29, 1.82) is 0 Å². The SMILES string of the molecule is CC(Nc1cc(Cl)ncc1[NH+]([O-])[O-])C(F)(F)F. The average Bonchev–Trinajstić information content (AvgIpc) is 2.15. The number of nitrogens with one attached hydrogen (secondary N) is 2. The van der Waals surface area contributed by atoms with Crippen LogP contribution in [0.15, 0.2) is 12.3 Å². The standard InChI is InChI=1S/C8H8ClF3N3O2/c1-4(8(10,11)12)14-5-2-7(9)13-3-6(5)15(16)17/h2-4,15H,1H3,(H,13,14)/q-1. The number of alkyl halides is 3. The average molecular weight is 271 g/mol.